The van der Waals surface area contributed by atoms with E-state index in [9.17, 15) is 19.4 Å². The molecule has 82 valence electrons. The zero-order valence-electron chi connectivity index (χ0n) is 6.91. The molecule has 0 nitrogen and oxygen atoms in total. The smallest absolute Gasteiger partial charge is 0.0936 e. The van der Waals surface area contributed by atoms with Crippen LogP contribution in [0.25, 0.3) is 0 Å². The maximum atomic E-state index is 12.2. The molecule has 0 aliphatic carbocycles. The van der Waals surface area contributed by atoms with E-state index in [4.69, 9.17) is 0 Å². The van der Waals surface area contributed by atoms with E-state index in [1.807, 2.05) is 0 Å². The Kier molecular flexibility index (Phi) is 2.05. The summed E-state index contributed by atoms with van der Waals surface area (Å²) in [7, 11) is -9.52. The van der Waals surface area contributed by atoms with Gasteiger partial charge in [0.2, 0.25) is 0 Å². The van der Waals surface area contributed by atoms with Crippen LogP contribution in [-0.2, 0) is 0 Å². The summed E-state index contributed by atoms with van der Waals surface area (Å²) in [6, 6.07) is 1.79. The van der Waals surface area contributed by atoms with Gasteiger partial charge < -0.3 is 0 Å². The van der Waals surface area contributed by atoms with Crippen molar-refractivity contribution in [3.63, 3.8) is 0 Å². The molecule has 1 rings (SSSR count). The summed E-state index contributed by atoms with van der Waals surface area (Å²) in [5, 5.41) is 0. The van der Waals surface area contributed by atoms with Gasteiger partial charge in [0, 0.05) is 4.47 Å². The van der Waals surface area contributed by atoms with Gasteiger partial charge in [-0.2, -0.15) is 0 Å². The Morgan fingerprint density at radius 3 is 1.93 bits per heavy atom. The molecule has 1 aromatic rings. The van der Waals surface area contributed by atoms with Crippen molar-refractivity contribution in [2.24, 2.45) is 0 Å². The summed E-state index contributed by atoms with van der Waals surface area (Å²) in [5.74, 6) is 0. The predicted octanol–water partition coefficient (Wildman–Crippen LogP) is 5.41. The van der Waals surface area contributed by atoms with Gasteiger partial charge in [-0.3, -0.25) is 0 Å². The van der Waals surface area contributed by atoms with E-state index in [-0.39, 0.29) is 4.47 Å². The van der Waals surface area contributed by atoms with Crippen LogP contribution in [0.4, 0.5) is 19.4 Å². The van der Waals surface area contributed by atoms with Crippen molar-refractivity contribution in [2.75, 3.05) is 0 Å². The molecule has 0 N–H and O–H groups in total. The monoisotopic (exact) mass is 296 g/mol. The minimum Gasteiger partial charge on any atom is -0.0936 e. The summed E-state index contributed by atoms with van der Waals surface area (Å²) < 4.78 is 61.2. The third kappa shape index (κ3) is 2.60. The van der Waals surface area contributed by atoms with Crippen molar-refractivity contribution in [3.8, 4) is 0 Å². The highest BCUT2D eigenvalue weighted by molar-refractivity contribution is 9.10. The number of aryl methyl sites for hydroxylation is 1. The van der Waals surface area contributed by atoms with Gasteiger partial charge in [-0.1, -0.05) is 41.4 Å². The predicted molar refractivity (Wildman–Crippen MR) is 50.3 cm³/mol. The molecule has 1 aromatic carbocycles. The summed E-state index contributed by atoms with van der Waals surface area (Å²) in [5.41, 5.74) is 0.468. The molecule has 0 amide bonds. The Balaban J connectivity index is 3.45. The van der Waals surface area contributed by atoms with Crippen LogP contribution in [-0.4, -0.2) is 0 Å². The fourth-order valence-corrected chi connectivity index (χ4v) is 2.01. The van der Waals surface area contributed by atoms with E-state index in [0.717, 1.165) is 6.07 Å². The highest BCUT2D eigenvalue weighted by atomic mass is 79.9. The second-order valence-corrected chi connectivity index (χ2v) is 6.14. The van der Waals surface area contributed by atoms with Crippen molar-refractivity contribution in [1.82, 2.24) is 0 Å². The minimum absolute atomic E-state index is 0.0169. The zero-order valence-corrected chi connectivity index (χ0v) is 9.31. The Labute approximate surface area is 86.0 Å². The van der Waals surface area contributed by atoms with Crippen LogP contribution < -0.4 is 0 Å². The Bertz CT molecular complexity index is 382. The van der Waals surface area contributed by atoms with Gasteiger partial charge in [0.05, 0.1) is 0 Å². The van der Waals surface area contributed by atoms with Crippen LogP contribution in [0.3, 0.4) is 0 Å². The maximum absolute atomic E-state index is 12.2. The second kappa shape index (κ2) is 2.44. The molecule has 0 aliphatic heterocycles. The van der Waals surface area contributed by atoms with Gasteiger partial charge in [-0.25, -0.2) is 0 Å². The van der Waals surface area contributed by atoms with E-state index in [1.54, 1.807) is 0 Å². The third-order valence-corrected chi connectivity index (χ3v) is 3.59. The lowest BCUT2D eigenvalue weighted by molar-refractivity contribution is 0.364. The van der Waals surface area contributed by atoms with E-state index in [2.05, 4.69) is 15.9 Å². The van der Waals surface area contributed by atoms with Crippen LogP contribution in [0.5, 0.6) is 0 Å². The molecule has 0 spiro atoms. The van der Waals surface area contributed by atoms with Gasteiger partial charge in [0.25, 0.3) is 0 Å². The first-order valence-corrected chi connectivity index (χ1v) is 6.15. The molecule has 0 bridgehead atoms. The molecule has 0 fully saturated rings. The lowest BCUT2D eigenvalue weighted by Gasteiger charge is -2.40. The van der Waals surface area contributed by atoms with Crippen LogP contribution in [0.1, 0.15) is 5.56 Å². The molecule has 0 aromatic heterocycles. The number of halogens is 6. The molecule has 0 atom stereocenters. The number of hydrogen-bond donors (Lipinski definition) is 0. The number of hydrogen-bond acceptors (Lipinski definition) is 0. The average molecular weight is 297 g/mol. The quantitative estimate of drug-likeness (QED) is 0.607. The summed E-state index contributed by atoms with van der Waals surface area (Å²) >= 11 is 2.77. The van der Waals surface area contributed by atoms with E-state index >= 15 is 0 Å². The highest BCUT2D eigenvalue weighted by Crippen LogP contribution is 3.02. The molecule has 0 unspecified atom stereocenters. The molecule has 0 saturated carbocycles. The minimum atomic E-state index is -9.52. The van der Waals surface area contributed by atoms with Gasteiger partial charge in [0.15, 0.2) is 0 Å². The number of benzene rings is 1. The topological polar surface area (TPSA) is 0 Å². The van der Waals surface area contributed by atoms with Crippen LogP contribution in [0.2, 0.25) is 0 Å². The van der Waals surface area contributed by atoms with Crippen LogP contribution in [0, 0.1) is 6.92 Å². The highest BCUT2D eigenvalue weighted by Gasteiger charge is 2.65. The Morgan fingerprint density at radius 1 is 1.07 bits per heavy atom. The fraction of sp³-hybridized carbons (Fsp3) is 0.143. The first-order chi connectivity index (χ1) is 5.90. The first-order valence-electron chi connectivity index (χ1n) is 3.40. The SMILES string of the molecule is Cc1ccc(S(F)(F)(F)(F)F)cc1Br. The maximum Gasteiger partial charge on any atom is 0.310 e. The van der Waals surface area contributed by atoms with Gasteiger partial charge in [0.1, 0.15) is 4.90 Å². The van der Waals surface area contributed by atoms with E-state index in [1.165, 1.54) is 6.92 Å². The summed E-state index contributed by atoms with van der Waals surface area (Å²) in [4.78, 5) is -1.87. The zero-order chi connectivity index (χ0) is 11.3. The molecule has 0 saturated heterocycles. The van der Waals surface area contributed by atoms with Gasteiger partial charge >= 0.3 is 10.2 Å². The lowest BCUT2D eigenvalue weighted by Crippen LogP contribution is -2.05. The van der Waals surface area contributed by atoms with Crippen molar-refractivity contribution < 1.29 is 19.4 Å². The average Bonchev–Trinajstić information content (AvgIpc) is 1.89. The second-order valence-electron chi connectivity index (χ2n) is 2.88. The van der Waals surface area contributed by atoms with Crippen molar-refractivity contribution in [2.45, 2.75) is 11.8 Å². The molecule has 0 heterocycles. The molecular weight excluding hydrogens is 291 g/mol. The Morgan fingerprint density at radius 2 is 1.57 bits per heavy atom. The molecule has 0 aliphatic rings. The summed E-state index contributed by atoms with van der Waals surface area (Å²) in [6.45, 7) is 1.51. The third-order valence-electron chi connectivity index (χ3n) is 1.59. The van der Waals surface area contributed by atoms with Crippen LogP contribution >= 0.6 is 26.2 Å². The van der Waals surface area contributed by atoms with Gasteiger partial charge in [-0.15, -0.1) is 0 Å². The number of rotatable bonds is 1. The van der Waals surface area contributed by atoms with Crippen molar-refractivity contribution in [1.29, 1.82) is 0 Å². The Hall–Kier alpha value is -0.300. The largest absolute Gasteiger partial charge is 0.310 e. The normalized spacial score (nSPS) is 17.4. The van der Waals surface area contributed by atoms with Crippen LogP contribution in [0.15, 0.2) is 27.6 Å². The van der Waals surface area contributed by atoms with E-state index < -0.39 is 15.1 Å². The van der Waals surface area contributed by atoms with E-state index in [0.29, 0.717) is 17.7 Å². The molecule has 7 heteroatoms. The van der Waals surface area contributed by atoms with Crippen molar-refractivity contribution in [3.05, 3.63) is 28.2 Å². The standard InChI is InChI=1S/C7H6BrF5S/c1-5-2-3-6(4-7(5)8)14(9,10,11,12)13/h2-4H,1H3. The summed E-state index contributed by atoms with van der Waals surface area (Å²) in [6.07, 6.45) is 0. The molecular formula is C7H6BrF5S. The fourth-order valence-electron chi connectivity index (χ4n) is 0.814. The van der Waals surface area contributed by atoms with Crippen molar-refractivity contribution >= 4 is 26.2 Å². The molecule has 0 radical (unpaired) electrons. The lowest BCUT2D eigenvalue weighted by atomic mass is 10.2. The first kappa shape index (κ1) is 11.8. The molecule has 14 heavy (non-hydrogen) atoms. The van der Waals surface area contributed by atoms with Gasteiger partial charge in [-0.05, 0) is 24.6 Å².